The van der Waals surface area contributed by atoms with Gasteiger partial charge in [0.2, 0.25) is 0 Å². The van der Waals surface area contributed by atoms with Crippen molar-refractivity contribution in [2.24, 2.45) is 0 Å². The predicted octanol–water partition coefficient (Wildman–Crippen LogP) is 3.74. The first kappa shape index (κ1) is 19.6. The molecule has 0 radical (unpaired) electrons. The first-order valence-corrected chi connectivity index (χ1v) is 11.7. The number of aryl methyl sites for hydroxylation is 1. The number of rotatable bonds is 4. The van der Waals surface area contributed by atoms with E-state index in [4.69, 9.17) is 0 Å². The molecule has 3 aromatic rings. The van der Waals surface area contributed by atoms with E-state index in [1.807, 2.05) is 37.3 Å². The second-order valence-corrected chi connectivity index (χ2v) is 10.0. The standard InChI is InChI=1S/C21H24BrN3O2S/c1-16-3-6-19(7-4-16)28(26,27)25-15-17(14-24-11-2-9-23-10-12-24)20-13-18(22)5-8-21(20)25/h3-8,13,15,23H,2,9-12,14H2,1H3. The molecule has 1 aromatic heterocycles. The zero-order valence-electron chi connectivity index (χ0n) is 15.9. The summed E-state index contributed by atoms with van der Waals surface area (Å²) in [6, 6.07) is 12.8. The minimum absolute atomic E-state index is 0.309. The topological polar surface area (TPSA) is 54.3 Å². The first-order valence-electron chi connectivity index (χ1n) is 9.50. The van der Waals surface area contributed by atoms with Crippen molar-refractivity contribution in [1.29, 1.82) is 0 Å². The van der Waals surface area contributed by atoms with Crippen LogP contribution in [0.25, 0.3) is 10.9 Å². The molecule has 28 heavy (non-hydrogen) atoms. The number of hydrogen-bond acceptors (Lipinski definition) is 4. The number of hydrogen-bond donors (Lipinski definition) is 1. The van der Waals surface area contributed by atoms with Crippen LogP contribution in [0.5, 0.6) is 0 Å². The molecule has 0 aliphatic carbocycles. The van der Waals surface area contributed by atoms with Gasteiger partial charge in [0, 0.05) is 35.7 Å². The van der Waals surface area contributed by atoms with Crippen LogP contribution in [0.1, 0.15) is 17.5 Å². The van der Waals surface area contributed by atoms with Gasteiger partial charge in [0.15, 0.2) is 0 Å². The van der Waals surface area contributed by atoms with Crippen molar-refractivity contribution in [2.45, 2.75) is 24.8 Å². The molecule has 4 rings (SSSR count). The normalized spacial score (nSPS) is 16.4. The SMILES string of the molecule is Cc1ccc(S(=O)(=O)n2cc(CN3CCCNCC3)c3cc(Br)ccc32)cc1. The number of fused-ring (bicyclic) bond motifs is 1. The number of aromatic nitrogens is 1. The maximum absolute atomic E-state index is 13.3. The minimum Gasteiger partial charge on any atom is -0.315 e. The molecule has 0 saturated carbocycles. The Labute approximate surface area is 174 Å². The molecule has 0 bridgehead atoms. The van der Waals surface area contributed by atoms with Crippen LogP contribution in [0.15, 0.2) is 58.0 Å². The van der Waals surface area contributed by atoms with Gasteiger partial charge in [-0.25, -0.2) is 12.4 Å². The summed E-state index contributed by atoms with van der Waals surface area (Å²) in [5.74, 6) is 0. The Morgan fingerprint density at radius 2 is 1.86 bits per heavy atom. The smallest absolute Gasteiger partial charge is 0.268 e. The van der Waals surface area contributed by atoms with Crippen LogP contribution in [0.2, 0.25) is 0 Å². The van der Waals surface area contributed by atoms with E-state index in [1.54, 1.807) is 18.3 Å². The molecule has 2 heterocycles. The molecule has 1 fully saturated rings. The molecule has 1 aliphatic rings. The summed E-state index contributed by atoms with van der Waals surface area (Å²) in [6.45, 7) is 6.66. The van der Waals surface area contributed by atoms with Crippen LogP contribution >= 0.6 is 15.9 Å². The highest BCUT2D eigenvalue weighted by molar-refractivity contribution is 9.10. The molecule has 7 heteroatoms. The van der Waals surface area contributed by atoms with Gasteiger partial charge in [-0.2, -0.15) is 0 Å². The van der Waals surface area contributed by atoms with Gasteiger partial charge in [0.25, 0.3) is 10.0 Å². The summed E-state index contributed by atoms with van der Waals surface area (Å²) in [5, 5.41) is 4.39. The van der Waals surface area contributed by atoms with E-state index in [0.29, 0.717) is 10.4 Å². The van der Waals surface area contributed by atoms with Crippen molar-refractivity contribution in [3.05, 3.63) is 64.3 Å². The molecular weight excluding hydrogens is 438 g/mol. The molecular formula is C21H24BrN3O2S. The maximum Gasteiger partial charge on any atom is 0.268 e. The molecule has 0 unspecified atom stereocenters. The van der Waals surface area contributed by atoms with Crippen LogP contribution in [-0.2, 0) is 16.6 Å². The van der Waals surface area contributed by atoms with Crippen LogP contribution in [0, 0.1) is 6.92 Å². The fourth-order valence-corrected chi connectivity index (χ4v) is 5.44. The number of nitrogens with one attached hydrogen (secondary N) is 1. The van der Waals surface area contributed by atoms with Crippen LogP contribution < -0.4 is 5.32 Å². The molecule has 2 aromatic carbocycles. The van der Waals surface area contributed by atoms with Gasteiger partial charge in [-0.05, 0) is 62.3 Å². The second-order valence-electron chi connectivity index (χ2n) is 7.31. The third kappa shape index (κ3) is 3.89. The van der Waals surface area contributed by atoms with Gasteiger partial charge in [-0.15, -0.1) is 0 Å². The second kappa shape index (κ2) is 7.99. The Bertz CT molecular complexity index is 1080. The summed E-state index contributed by atoms with van der Waals surface area (Å²) in [6.07, 6.45) is 2.90. The molecule has 0 spiro atoms. The molecule has 5 nitrogen and oxygen atoms in total. The Balaban J connectivity index is 1.79. The summed E-state index contributed by atoms with van der Waals surface area (Å²) < 4.78 is 29.0. The Hall–Kier alpha value is -1.67. The lowest BCUT2D eigenvalue weighted by Gasteiger charge is -2.18. The number of nitrogens with zero attached hydrogens (tertiary/aromatic N) is 2. The summed E-state index contributed by atoms with van der Waals surface area (Å²) in [4.78, 5) is 2.70. The zero-order chi connectivity index (χ0) is 19.7. The summed E-state index contributed by atoms with van der Waals surface area (Å²) in [5.41, 5.74) is 2.79. The monoisotopic (exact) mass is 461 g/mol. The quantitative estimate of drug-likeness (QED) is 0.642. The minimum atomic E-state index is -3.65. The highest BCUT2D eigenvalue weighted by atomic mass is 79.9. The van der Waals surface area contributed by atoms with Gasteiger partial charge in [0.05, 0.1) is 10.4 Å². The highest BCUT2D eigenvalue weighted by Gasteiger charge is 2.22. The maximum atomic E-state index is 13.3. The van der Waals surface area contributed by atoms with E-state index in [-0.39, 0.29) is 0 Å². The van der Waals surface area contributed by atoms with Gasteiger partial charge in [0.1, 0.15) is 0 Å². The predicted molar refractivity (Wildman–Crippen MR) is 116 cm³/mol. The average Bonchev–Trinajstić information content (AvgIpc) is 2.84. The Kier molecular flexibility index (Phi) is 5.60. The lowest BCUT2D eigenvalue weighted by Crippen LogP contribution is -2.27. The molecule has 1 saturated heterocycles. The van der Waals surface area contributed by atoms with Crippen molar-refractivity contribution in [1.82, 2.24) is 14.2 Å². The Morgan fingerprint density at radius 1 is 1.07 bits per heavy atom. The van der Waals surface area contributed by atoms with Gasteiger partial charge in [-0.1, -0.05) is 33.6 Å². The van der Waals surface area contributed by atoms with Gasteiger partial charge >= 0.3 is 0 Å². The van der Waals surface area contributed by atoms with E-state index < -0.39 is 10.0 Å². The van der Waals surface area contributed by atoms with Crippen molar-refractivity contribution >= 4 is 36.9 Å². The van der Waals surface area contributed by atoms with E-state index in [1.165, 1.54) is 3.97 Å². The molecule has 0 atom stereocenters. The average molecular weight is 462 g/mol. The third-order valence-electron chi connectivity index (χ3n) is 5.22. The van der Waals surface area contributed by atoms with E-state index in [9.17, 15) is 8.42 Å². The first-order chi connectivity index (χ1) is 13.4. The molecule has 1 aliphatic heterocycles. The fourth-order valence-electron chi connectivity index (χ4n) is 3.69. The number of benzene rings is 2. The summed E-state index contributed by atoms with van der Waals surface area (Å²) >= 11 is 3.53. The third-order valence-corrected chi connectivity index (χ3v) is 7.40. The van der Waals surface area contributed by atoms with Crippen LogP contribution in [-0.4, -0.2) is 43.5 Å². The molecule has 148 valence electrons. The van der Waals surface area contributed by atoms with E-state index in [2.05, 4.69) is 26.1 Å². The molecule has 1 N–H and O–H groups in total. The highest BCUT2D eigenvalue weighted by Crippen LogP contribution is 2.29. The Morgan fingerprint density at radius 3 is 2.64 bits per heavy atom. The zero-order valence-corrected chi connectivity index (χ0v) is 18.3. The fraction of sp³-hybridized carbons (Fsp3) is 0.333. The van der Waals surface area contributed by atoms with Gasteiger partial charge in [-0.3, -0.25) is 4.90 Å². The van der Waals surface area contributed by atoms with Crippen molar-refractivity contribution in [2.75, 3.05) is 26.2 Å². The molecule has 0 amide bonds. The van der Waals surface area contributed by atoms with Crippen LogP contribution in [0.4, 0.5) is 0 Å². The van der Waals surface area contributed by atoms with Crippen molar-refractivity contribution in [3.63, 3.8) is 0 Å². The van der Waals surface area contributed by atoms with Crippen molar-refractivity contribution < 1.29 is 8.42 Å². The van der Waals surface area contributed by atoms with Crippen molar-refractivity contribution in [3.8, 4) is 0 Å². The van der Waals surface area contributed by atoms with E-state index >= 15 is 0 Å². The largest absolute Gasteiger partial charge is 0.315 e. The number of halogens is 1. The van der Waals surface area contributed by atoms with Crippen LogP contribution in [0.3, 0.4) is 0 Å². The van der Waals surface area contributed by atoms with E-state index in [0.717, 1.165) is 60.1 Å². The van der Waals surface area contributed by atoms with Gasteiger partial charge < -0.3 is 5.32 Å². The lowest BCUT2D eigenvalue weighted by atomic mass is 10.1. The summed E-state index contributed by atoms with van der Waals surface area (Å²) in [7, 11) is -3.65. The lowest BCUT2D eigenvalue weighted by molar-refractivity contribution is 0.285.